The summed E-state index contributed by atoms with van der Waals surface area (Å²) in [7, 11) is 3.98. The Kier molecular flexibility index (Phi) is 2.79. The van der Waals surface area contributed by atoms with E-state index in [-0.39, 0.29) is 0 Å². The van der Waals surface area contributed by atoms with Gasteiger partial charge in [-0.2, -0.15) is 0 Å². The van der Waals surface area contributed by atoms with Crippen molar-refractivity contribution in [2.75, 3.05) is 14.1 Å². The number of carbonyl (C=O) groups is 1. The predicted octanol–water partition coefficient (Wildman–Crippen LogP) is 1.62. The van der Waals surface area contributed by atoms with Crippen molar-refractivity contribution >= 4 is 17.6 Å². The zero-order valence-electron chi connectivity index (χ0n) is 6.70. The minimum Gasteiger partial charge on any atom is -0.305 e. The molecule has 0 aliphatic carbocycles. The Morgan fingerprint density at radius 2 is 2.36 bits per heavy atom. The van der Waals surface area contributed by atoms with Gasteiger partial charge in [0.15, 0.2) is 6.29 Å². The van der Waals surface area contributed by atoms with Crippen LogP contribution in [0.25, 0.3) is 0 Å². The molecule has 2 nitrogen and oxygen atoms in total. The van der Waals surface area contributed by atoms with Crippen molar-refractivity contribution in [3.05, 3.63) is 21.9 Å². The molecule has 0 amide bonds. The standard InChI is InChI=1S/C8H11NOS/c1-9(2)5-7-3-4-11-8(7)6-10/h3-4,6H,5H2,1-2H3. The summed E-state index contributed by atoms with van der Waals surface area (Å²) < 4.78 is 0. The highest BCUT2D eigenvalue weighted by molar-refractivity contribution is 7.11. The molecule has 0 saturated carbocycles. The third-order valence-electron chi connectivity index (χ3n) is 1.37. The number of hydrogen-bond acceptors (Lipinski definition) is 3. The Bertz CT molecular complexity index is 242. The fourth-order valence-electron chi connectivity index (χ4n) is 0.922. The van der Waals surface area contributed by atoms with Crippen molar-refractivity contribution in [3.8, 4) is 0 Å². The molecule has 0 bridgehead atoms. The lowest BCUT2D eigenvalue weighted by Gasteiger charge is -2.07. The van der Waals surface area contributed by atoms with E-state index in [1.165, 1.54) is 11.3 Å². The Morgan fingerprint density at radius 3 is 2.91 bits per heavy atom. The van der Waals surface area contributed by atoms with Crippen molar-refractivity contribution < 1.29 is 4.79 Å². The number of hydrogen-bond donors (Lipinski definition) is 0. The molecule has 1 heterocycles. The van der Waals surface area contributed by atoms with Gasteiger partial charge in [0.1, 0.15) is 0 Å². The number of thiophene rings is 1. The van der Waals surface area contributed by atoms with Crippen LogP contribution in [0, 0.1) is 0 Å². The van der Waals surface area contributed by atoms with E-state index in [9.17, 15) is 4.79 Å². The van der Waals surface area contributed by atoms with Crippen molar-refractivity contribution in [3.63, 3.8) is 0 Å². The maximum Gasteiger partial charge on any atom is 0.160 e. The van der Waals surface area contributed by atoms with E-state index in [0.29, 0.717) is 0 Å². The van der Waals surface area contributed by atoms with Crippen molar-refractivity contribution in [1.82, 2.24) is 4.90 Å². The van der Waals surface area contributed by atoms with Crippen LogP contribution >= 0.6 is 11.3 Å². The molecular formula is C8H11NOS. The van der Waals surface area contributed by atoms with Gasteiger partial charge in [-0.25, -0.2) is 0 Å². The van der Waals surface area contributed by atoms with E-state index in [1.54, 1.807) is 0 Å². The lowest BCUT2D eigenvalue weighted by Crippen LogP contribution is -2.10. The molecule has 0 N–H and O–H groups in total. The number of carbonyl (C=O) groups excluding carboxylic acids is 1. The van der Waals surface area contributed by atoms with Gasteiger partial charge in [0.05, 0.1) is 4.88 Å². The molecule has 0 spiro atoms. The molecule has 3 heteroatoms. The molecule has 0 fully saturated rings. The van der Waals surface area contributed by atoms with Gasteiger partial charge in [-0.3, -0.25) is 4.79 Å². The monoisotopic (exact) mass is 169 g/mol. The van der Waals surface area contributed by atoms with Gasteiger partial charge in [-0.05, 0) is 31.1 Å². The molecule has 0 saturated heterocycles. The molecule has 1 rings (SSSR count). The first-order valence-electron chi connectivity index (χ1n) is 3.40. The third-order valence-corrected chi connectivity index (χ3v) is 2.26. The number of aldehydes is 1. The van der Waals surface area contributed by atoms with Crippen LogP contribution in [0.4, 0.5) is 0 Å². The zero-order chi connectivity index (χ0) is 8.27. The van der Waals surface area contributed by atoms with Gasteiger partial charge in [-0.1, -0.05) is 0 Å². The van der Waals surface area contributed by atoms with Gasteiger partial charge in [0.25, 0.3) is 0 Å². The number of rotatable bonds is 3. The minimum absolute atomic E-state index is 0.845. The molecule has 0 atom stereocenters. The largest absolute Gasteiger partial charge is 0.305 e. The van der Waals surface area contributed by atoms with Gasteiger partial charge in [0.2, 0.25) is 0 Å². The van der Waals surface area contributed by atoms with E-state index in [2.05, 4.69) is 4.90 Å². The first-order chi connectivity index (χ1) is 5.24. The summed E-state index contributed by atoms with van der Waals surface area (Å²) in [4.78, 5) is 13.4. The Hall–Kier alpha value is -0.670. The zero-order valence-corrected chi connectivity index (χ0v) is 7.52. The fraction of sp³-hybridized carbons (Fsp3) is 0.375. The van der Waals surface area contributed by atoms with Crippen LogP contribution in [0.5, 0.6) is 0 Å². The van der Waals surface area contributed by atoms with Crippen LogP contribution < -0.4 is 0 Å². The average Bonchev–Trinajstić information content (AvgIpc) is 2.34. The Morgan fingerprint density at radius 1 is 1.64 bits per heavy atom. The highest BCUT2D eigenvalue weighted by atomic mass is 32.1. The van der Waals surface area contributed by atoms with Crippen LogP contribution in [0.2, 0.25) is 0 Å². The van der Waals surface area contributed by atoms with Crippen LogP contribution in [-0.2, 0) is 6.54 Å². The molecule has 11 heavy (non-hydrogen) atoms. The number of nitrogens with zero attached hydrogens (tertiary/aromatic N) is 1. The minimum atomic E-state index is 0.845. The van der Waals surface area contributed by atoms with Crippen LogP contribution in [0.3, 0.4) is 0 Å². The van der Waals surface area contributed by atoms with Crippen molar-refractivity contribution in [2.24, 2.45) is 0 Å². The molecule has 0 unspecified atom stereocenters. The summed E-state index contributed by atoms with van der Waals surface area (Å²) in [5, 5.41) is 1.95. The quantitative estimate of drug-likeness (QED) is 0.641. The van der Waals surface area contributed by atoms with Gasteiger partial charge < -0.3 is 4.90 Å². The molecule has 1 aromatic rings. The SMILES string of the molecule is CN(C)Cc1ccsc1C=O. The average molecular weight is 169 g/mol. The summed E-state index contributed by atoms with van der Waals surface area (Å²) in [6.07, 6.45) is 0.920. The second-order valence-electron chi connectivity index (χ2n) is 2.67. The molecule has 1 aromatic heterocycles. The summed E-state index contributed by atoms with van der Waals surface area (Å²) in [5.74, 6) is 0. The molecule has 0 radical (unpaired) electrons. The summed E-state index contributed by atoms with van der Waals surface area (Å²) in [5.41, 5.74) is 1.12. The second kappa shape index (κ2) is 3.64. The summed E-state index contributed by atoms with van der Waals surface area (Å²) in [6, 6.07) is 1.99. The van der Waals surface area contributed by atoms with Crippen LogP contribution in [0.15, 0.2) is 11.4 Å². The van der Waals surface area contributed by atoms with Crippen LogP contribution in [0.1, 0.15) is 15.2 Å². The maximum absolute atomic E-state index is 10.5. The van der Waals surface area contributed by atoms with Crippen molar-refractivity contribution in [1.29, 1.82) is 0 Å². The van der Waals surface area contributed by atoms with E-state index >= 15 is 0 Å². The third kappa shape index (κ3) is 2.13. The smallest absolute Gasteiger partial charge is 0.160 e. The predicted molar refractivity (Wildman–Crippen MR) is 47.1 cm³/mol. The fourth-order valence-corrected chi connectivity index (χ4v) is 1.64. The highest BCUT2D eigenvalue weighted by Crippen LogP contribution is 2.14. The van der Waals surface area contributed by atoms with E-state index in [4.69, 9.17) is 0 Å². The van der Waals surface area contributed by atoms with E-state index < -0.39 is 0 Å². The van der Waals surface area contributed by atoms with E-state index in [0.717, 1.165) is 23.3 Å². The summed E-state index contributed by atoms with van der Waals surface area (Å²) in [6.45, 7) is 0.845. The maximum atomic E-state index is 10.5. The molecule has 0 aromatic carbocycles. The van der Waals surface area contributed by atoms with Gasteiger partial charge >= 0.3 is 0 Å². The van der Waals surface area contributed by atoms with Crippen molar-refractivity contribution in [2.45, 2.75) is 6.54 Å². The Balaban J connectivity index is 2.76. The first kappa shape index (κ1) is 8.43. The Labute approximate surface area is 70.5 Å². The van der Waals surface area contributed by atoms with E-state index in [1.807, 2.05) is 25.5 Å². The molecule has 60 valence electrons. The van der Waals surface area contributed by atoms with Crippen LogP contribution in [-0.4, -0.2) is 25.3 Å². The first-order valence-corrected chi connectivity index (χ1v) is 4.28. The molecular weight excluding hydrogens is 158 g/mol. The molecule has 0 aliphatic heterocycles. The highest BCUT2D eigenvalue weighted by Gasteiger charge is 2.02. The topological polar surface area (TPSA) is 20.3 Å². The molecule has 0 aliphatic rings. The lowest BCUT2D eigenvalue weighted by molar-refractivity contribution is 0.112. The van der Waals surface area contributed by atoms with Gasteiger partial charge in [0, 0.05) is 6.54 Å². The normalized spacial score (nSPS) is 10.5. The van der Waals surface area contributed by atoms with Gasteiger partial charge in [-0.15, -0.1) is 11.3 Å². The second-order valence-corrected chi connectivity index (χ2v) is 3.61. The lowest BCUT2D eigenvalue weighted by atomic mass is 10.2. The summed E-state index contributed by atoms with van der Waals surface area (Å²) >= 11 is 1.50.